The van der Waals surface area contributed by atoms with Crippen molar-refractivity contribution in [3.05, 3.63) is 41.0 Å². The van der Waals surface area contributed by atoms with E-state index in [4.69, 9.17) is 4.74 Å². The summed E-state index contributed by atoms with van der Waals surface area (Å²) >= 11 is 0. The van der Waals surface area contributed by atoms with Crippen molar-refractivity contribution in [2.75, 3.05) is 6.61 Å². The number of hydrogen-bond acceptors (Lipinski definition) is 3. The molecule has 3 nitrogen and oxygen atoms in total. The molecule has 1 saturated carbocycles. The van der Waals surface area contributed by atoms with Crippen molar-refractivity contribution in [1.29, 1.82) is 0 Å². The van der Waals surface area contributed by atoms with E-state index in [-0.39, 0.29) is 16.8 Å². The van der Waals surface area contributed by atoms with Gasteiger partial charge in [0.15, 0.2) is 0 Å². The number of carbonyl (C=O) groups is 1. The monoisotopic (exact) mass is 384 g/mol. The first-order chi connectivity index (χ1) is 12.9. The number of fused-ring (bicyclic) bond motifs is 2. The first kappa shape index (κ1) is 21.0. The number of phenols is 1. The molecule has 3 atom stereocenters. The molecule has 1 aromatic carbocycles. The van der Waals surface area contributed by atoms with Crippen LogP contribution in [0.1, 0.15) is 77.5 Å². The summed E-state index contributed by atoms with van der Waals surface area (Å²) in [6, 6.07) is 4.11. The molecule has 0 radical (unpaired) electrons. The minimum atomic E-state index is -0.157. The van der Waals surface area contributed by atoms with E-state index in [0.29, 0.717) is 43.0 Å². The molecule has 0 aliphatic heterocycles. The molecule has 0 saturated heterocycles. The van der Waals surface area contributed by atoms with Gasteiger partial charge in [-0.1, -0.05) is 65.8 Å². The molecule has 1 aromatic rings. The van der Waals surface area contributed by atoms with E-state index in [0.717, 1.165) is 23.1 Å². The zero-order chi connectivity index (χ0) is 20.7. The van der Waals surface area contributed by atoms with Crippen molar-refractivity contribution in [3.8, 4) is 5.75 Å². The molecule has 3 unspecified atom stereocenters. The van der Waals surface area contributed by atoms with Gasteiger partial charge in [0.25, 0.3) is 0 Å². The molecular formula is C25H36O3. The topological polar surface area (TPSA) is 46.5 Å². The number of benzene rings is 1. The number of phenolic OH excluding ortho intramolecular Hbond substituents is 1. The summed E-state index contributed by atoms with van der Waals surface area (Å²) in [5.74, 6) is 2.09. The van der Waals surface area contributed by atoms with E-state index in [1.54, 1.807) is 0 Å². The number of aromatic hydroxyl groups is 1. The average molecular weight is 385 g/mol. The highest BCUT2D eigenvalue weighted by atomic mass is 16.5. The summed E-state index contributed by atoms with van der Waals surface area (Å²) in [7, 11) is 0. The molecule has 0 aromatic heterocycles. The second-order valence-corrected chi connectivity index (χ2v) is 10.8. The van der Waals surface area contributed by atoms with Crippen LogP contribution in [0.25, 0.3) is 0 Å². The second-order valence-electron chi connectivity index (χ2n) is 10.8. The van der Waals surface area contributed by atoms with Crippen LogP contribution in [0.2, 0.25) is 0 Å². The molecule has 154 valence electrons. The number of hydrogen-bond donors (Lipinski definition) is 1. The van der Waals surface area contributed by atoms with Gasteiger partial charge in [-0.2, -0.15) is 0 Å². The highest BCUT2D eigenvalue weighted by Crippen LogP contribution is 2.43. The number of aryl methyl sites for hydroxylation is 1. The van der Waals surface area contributed by atoms with E-state index in [1.807, 2.05) is 0 Å². The van der Waals surface area contributed by atoms with Gasteiger partial charge in [0.05, 0.1) is 6.61 Å². The molecular weight excluding hydrogens is 348 g/mol. The first-order valence-electron chi connectivity index (χ1n) is 10.7. The molecule has 0 heterocycles. The Bertz CT molecular complexity index is 726. The normalized spacial score (nSPS) is 24.0. The Balaban J connectivity index is 1.64. The highest BCUT2D eigenvalue weighted by molar-refractivity contribution is 5.69. The smallest absolute Gasteiger partial charge is 0.306 e. The minimum absolute atomic E-state index is 0.116. The molecule has 1 fully saturated rings. The summed E-state index contributed by atoms with van der Waals surface area (Å²) in [6.07, 6.45) is 8.03. The molecule has 3 rings (SSSR count). The lowest BCUT2D eigenvalue weighted by Gasteiger charge is -2.28. The van der Waals surface area contributed by atoms with Crippen molar-refractivity contribution >= 4 is 5.97 Å². The fourth-order valence-corrected chi connectivity index (χ4v) is 4.59. The van der Waals surface area contributed by atoms with Crippen LogP contribution < -0.4 is 0 Å². The van der Waals surface area contributed by atoms with Crippen LogP contribution in [0.4, 0.5) is 0 Å². The number of ether oxygens (including phenoxy) is 1. The number of esters is 1. The fourth-order valence-electron chi connectivity index (χ4n) is 4.59. The van der Waals surface area contributed by atoms with E-state index >= 15 is 0 Å². The van der Waals surface area contributed by atoms with E-state index in [2.05, 4.69) is 65.8 Å². The summed E-state index contributed by atoms with van der Waals surface area (Å²) in [5, 5.41) is 10.8. The third-order valence-corrected chi connectivity index (χ3v) is 6.28. The standard InChI is InChI=1S/C25H36O3/c1-24(2,3)20-13-17(14-21(23(20)27)25(4,5)6)8-10-22(26)28-15-19-12-16-7-9-18(19)11-16/h7,9,13-14,16,18-19,27H,8,10-12,15H2,1-6H3. The Kier molecular flexibility index (Phi) is 5.67. The molecule has 2 aliphatic rings. The van der Waals surface area contributed by atoms with Gasteiger partial charge in [-0.15, -0.1) is 0 Å². The van der Waals surface area contributed by atoms with Crippen LogP contribution in [-0.2, 0) is 26.8 Å². The lowest BCUT2D eigenvalue weighted by molar-refractivity contribution is -0.145. The fraction of sp³-hybridized carbons (Fsp3) is 0.640. The van der Waals surface area contributed by atoms with Gasteiger partial charge in [-0.3, -0.25) is 4.79 Å². The van der Waals surface area contributed by atoms with Crippen molar-refractivity contribution < 1.29 is 14.6 Å². The third-order valence-electron chi connectivity index (χ3n) is 6.28. The van der Waals surface area contributed by atoms with Crippen LogP contribution in [0.3, 0.4) is 0 Å². The number of carbonyl (C=O) groups excluding carboxylic acids is 1. The maximum atomic E-state index is 12.3. The largest absolute Gasteiger partial charge is 0.507 e. The zero-order valence-corrected chi connectivity index (χ0v) is 18.3. The van der Waals surface area contributed by atoms with Gasteiger partial charge in [-0.05, 0) is 64.5 Å². The molecule has 3 heteroatoms. The SMILES string of the molecule is CC(C)(C)c1cc(CCC(=O)OCC2CC3C=CC2C3)cc(C(C)(C)C)c1O. The predicted octanol–water partition coefficient (Wildman–Crippen LogP) is 5.68. The van der Waals surface area contributed by atoms with Gasteiger partial charge in [0.2, 0.25) is 0 Å². The molecule has 0 amide bonds. The quantitative estimate of drug-likeness (QED) is 0.525. The van der Waals surface area contributed by atoms with E-state index in [9.17, 15) is 9.90 Å². The average Bonchev–Trinajstić information content (AvgIpc) is 3.19. The summed E-state index contributed by atoms with van der Waals surface area (Å²) < 4.78 is 5.60. The van der Waals surface area contributed by atoms with E-state index < -0.39 is 0 Å². The lowest BCUT2D eigenvalue weighted by atomic mass is 9.78. The zero-order valence-electron chi connectivity index (χ0n) is 18.3. The number of allylic oxidation sites excluding steroid dienone is 2. The Morgan fingerprint density at radius 3 is 2.11 bits per heavy atom. The highest BCUT2D eigenvalue weighted by Gasteiger charge is 2.36. The summed E-state index contributed by atoms with van der Waals surface area (Å²) in [5.41, 5.74) is 2.66. The lowest BCUT2D eigenvalue weighted by Crippen LogP contribution is -2.19. The van der Waals surface area contributed by atoms with Gasteiger partial charge in [-0.25, -0.2) is 0 Å². The molecule has 0 spiro atoms. The Labute approximate surface area is 170 Å². The van der Waals surface area contributed by atoms with Crippen molar-refractivity contribution in [3.63, 3.8) is 0 Å². The van der Waals surface area contributed by atoms with Crippen LogP contribution in [0.15, 0.2) is 24.3 Å². The Hall–Kier alpha value is -1.77. The maximum Gasteiger partial charge on any atom is 0.306 e. The van der Waals surface area contributed by atoms with Gasteiger partial charge < -0.3 is 9.84 Å². The van der Waals surface area contributed by atoms with Crippen molar-refractivity contribution in [1.82, 2.24) is 0 Å². The molecule has 2 bridgehead atoms. The van der Waals surface area contributed by atoms with E-state index in [1.165, 1.54) is 6.42 Å². The molecule has 1 N–H and O–H groups in total. The molecule has 28 heavy (non-hydrogen) atoms. The predicted molar refractivity (Wildman–Crippen MR) is 114 cm³/mol. The molecule has 2 aliphatic carbocycles. The summed E-state index contributed by atoms with van der Waals surface area (Å²) in [6.45, 7) is 13.2. The van der Waals surface area contributed by atoms with Crippen LogP contribution in [0.5, 0.6) is 5.75 Å². The Morgan fingerprint density at radius 2 is 1.64 bits per heavy atom. The van der Waals surface area contributed by atoms with Crippen LogP contribution in [-0.4, -0.2) is 17.7 Å². The van der Waals surface area contributed by atoms with Gasteiger partial charge in [0.1, 0.15) is 5.75 Å². The third kappa shape index (κ3) is 4.61. The van der Waals surface area contributed by atoms with Crippen molar-refractivity contribution in [2.45, 2.75) is 78.1 Å². The maximum absolute atomic E-state index is 12.3. The first-order valence-corrected chi connectivity index (χ1v) is 10.7. The van der Waals surface area contributed by atoms with Gasteiger partial charge >= 0.3 is 5.97 Å². The van der Waals surface area contributed by atoms with Crippen LogP contribution in [0, 0.1) is 17.8 Å². The number of rotatable bonds is 5. The van der Waals surface area contributed by atoms with Crippen LogP contribution >= 0.6 is 0 Å². The minimum Gasteiger partial charge on any atom is -0.507 e. The Morgan fingerprint density at radius 1 is 1.04 bits per heavy atom. The van der Waals surface area contributed by atoms with Crippen molar-refractivity contribution in [2.24, 2.45) is 17.8 Å². The summed E-state index contributed by atoms with van der Waals surface area (Å²) in [4.78, 5) is 12.3. The van der Waals surface area contributed by atoms with Gasteiger partial charge in [0, 0.05) is 6.42 Å². The second kappa shape index (κ2) is 7.57.